The molecule has 0 spiro atoms. The summed E-state index contributed by atoms with van der Waals surface area (Å²) < 4.78 is 0.898. The van der Waals surface area contributed by atoms with E-state index in [0.717, 1.165) is 21.3 Å². The molecular weight excluding hydrogens is 306 g/mol. The number of aryl methyl sites for hydroxylation is 2. The van der Waals surface area contributed by atoms with Gasteiger partial charge in [-0.1, -0.05) is 17.7 Å². The molecule has 0 amide bonds. The van der Waals surface area contributed by atoms with Gasteiger partial charge in [0.05, 0.1) is 16.9 Å². The lowest BCUT2D eigenvalue weighted by atomic mass is 10.1. The standard InChI is InChI=1S/C15H14BrNO2/c1-9-4-6-13(11(7-9)15(18)19)17-14-8-10(2)3-5-12(14)16/h3-8,17H,1-2H3,(H,18,19). The van der Waals surface area contributed by atoms with E-state index in [-0.39, 0.29) is 5.56 Å². The summed E-state index contributed by atoms with van der Waals surface area (Å²) in [6.45, 7) is 3.86. The summed E-state index contributed by atoms with van der Waals surface area (Å²) in [6, 6.07) is 11.2. The second-order valence-corrected chi connectivity index (χ2v) is 5.32. The van der Waals surface area contributed by atoms with Gasteiger partial charge in [0.25, 0.3) is 0 Å². The van der Waals surface area contributed by atoms with Crippen molar-refractivity contribution in [3.63, 3.8) is 0 Å². The third-order valence-electron chi connectivity index (χ3n) is 2.80. The van der Waals surface area contributed by atoms with Crippen LogP contribution in [0.2, 0.25) is 0 Å². The van der Waals surface area contributed by atoms with Crippen LogP contribution < -0.4 is 5.32 Å². The van der Waals surface area contributed by atoms with Crippen molar-refractivity contribution in [3.05, 3.63) is 57.6 Å². The molecule has 0 aromatic heterocycles. The van der Waals surface area contributed by atoms with E-state index in [1.54, 1.807) is 12.1 Å². The molecule has 2 N–H and O–H groups in total. The Morgan fingerprint density at radius 1 is 1.05 bits per heavy atom. The lowest BCUT2D eigenvalue weighted by Crippen LogP contribution is -2.03. The Kier molecular flexibility index (Phi) is 3.90. The molecule has 0 saturated carbocycles. The minimum absolute atomic E-state index is 0.272. The third kappa shape index (κ3) is 3.15. The van der Waals surface area contributed by atoms with Crippen molar-refractivity contribution >= 4 is 33.3 Å². The highest BCUT2D eigenvalue weighted by molar-refractivity contribution is 9.10. The maximum Gasteiger partial charge on any atom is 0.337 e. The Labute approximate surface area is 120 Å². The van der Waals surface area contributed by atoms with Gasteiger partial charge < -0.3 is 10.4 Å². The predicted octanol–water partition coefficient (Wildman–Crippen LogP) is 4.51. The summed E-state index contributed by atoms with van der Waals surface area (Å²) in [5, 5.41) is 12.4. The number of carbonyl (C=O) groups is 1. The van der Waals surface area contributed by atoms with Crippen molar-refractivity contribution in [1.82, 2.24) is 0 Å². The van der Waals surface area contributed by atoms with Crippen LogP contribution >= 0.6 is 15.9 Å². The van der Waals surface area contributed by atoms with Crippen molar-refractivity contribution in [1.29, 1.82) is 0 Å². The van der Waals surface area contributed by atoms with Crippen molar-refractivity contribution in [2.45, 2.75) is 13.8 Å². The van der Waals surface area contributed by atoms with Gasteiger partial charge in [0.15, 0.2) is 0 Å². The average molecular weight is 320 g/mol. The minimum Gasteiger partial charge on any atom is -0.478 e. The molecule has 3 nitrogen and oxygen atoms in total. The summed E-state index contributed by atoms with van der Waals surface area (Å²) in [5.74, 6) is -0.935. The number of halogens is 1. The number of carboxylic acids is 1. The van der Waals surface area contributed by atoms with E-state index in [0.29, 0.717) is 5.69 Å². The first-order valence-corrected chi connectivity index (χ1v) is 6.64. The molecule has 0 saturated heterocycles. The number of hydrogen-bond acceptors (Lipinski definition) is 2. The number of nitrogens with one attached hydrogen (secondary N) is 1. The highest BCUT2D eigenvalue weighted by Gasteiger charge is 2.11. The first-order chi connectivity index (χ1) is 8.97. The van der Waals surface area contributed by atoms with E-state index >= 15 is 0 Å². The monoisotopic (exact) mass is 319 g/mol. The number of hydrogen-bond donors (Lipinski definition) is 2. The fraction of sp³-hybridized carbons (Fsp3) is 0.133. The van der Waals surface area contributed by atoms with Crippen molar-refractivity contribution < 1.29 is 9.90 Å². The lowest BCUT2D eigenvalue weighted by molar-refractivity contribution is 0.0698. The third-order valence-corrected chi connectivity index (χ3v) is 3.49. The Hall–Kier alpha value is -1.81. The van der Waals surface area contributed by atoms with Crippen LogP contribution in [-0.4, -0.2) is 11.1 Å². The van der Waals surface area contributed by atoms with E-state index in [4.69, 9.17) is 0 Å². The van der Waals surface area contributed by atoms with Gasteiger partial charge in [0.1, 0.15) is 0 Å². The van der Waals surface area contributed by atoms with Crippen LogP contribution in [0.15, 0.2) is 40.9 Å². The van der Waals surface area contributed by atoms with E-state index in [2.05, 4.69) is 21.2 Å². The van der Waals surface area contributed by atoms with Crippen molar-refractivity contribution in [2.24, 2.45) is 0 Å². The topological polar surface area (TPSA) is 49.3 Å². The molecule has 0 bridgehead atoms. The molecule has 0 aliphatic carbocycles. The fourth-order valence-corrected chi connectivity index (χ4v) is 2.17. The first kappa shape index (κ1) is 13.6. The number of benzene rings is 2. The molecule has 0 aliphatic rings. The number of rotatable bonds is 3. The molecule has 98 valence electrons. The largest absolute Gasteiger partial charge is 0.478 e. The molecule has 2 rings (SSSR count). The van der Waals surface area contributed by atoms with Crippen LogP contribution in [0.5, 0.6) is 0 Å². The van der Waals surface area contributed by atoms with E-state index in [1.165, 1.54) is 0 Å². The summed E-state index contributed by atoms with van der Waals surface area (Å²) in [6.07, 6.45) is 0. The van der Waals surface area contributed by atoms with Gasteiger partial charge in [-0.3, -0.25) is 0 Å². The predicted molar refractivity (Wildman–Crippen MR) is 80.3 cm³/mol. The zero-order valence-electron chi connectivity index (χ0n) is 10.7. The smallest absolute Gasteiger partial charge is 0.337 e. The zero-order chi connectivity index (χ0) is 14.0. The number of carboxylic acid groups (broad SMARTS) is 1. The average Bonchev–Trinajstić information content (AvgIpc) is 2.35. The first-order valence-electron chi connectivity index (χ1n) is 5.84. The van der Waals surface area contributed by atoms with E-state index in [9.17, 15) is 9.90 Å². The molecule has 2 aromatic carbocycles. The summed E-state index contributed by atoms with van der Waals surface area (Å²) in [4.78, 5) is 11.3. The molecule has 0 fully saturated rings. The van der Waals surface area contributed by atoms with Gasteiger partial charge in [-0.2, -0.15) is 0 Å². The molecule has 4 heteroatoms. The van der Waals surface area contributed by atoms with Gasteiger partial charge in [-0.25, -0.2) is 4.79 Å². The van der Waals surface area contributed by atoms with Gasteiger partial charge in [0.2, 0.25) is 0 Å². The second-order valence-electron chi connectivity index (χ2n) is 4.46. The Bertz CT molecular complexity index is 638. The highest BCUT2D eigenvalue weighted by Crippen LogP contribution is 2.29. The normalized spacial score (nSPS) is 10.3. The maximum absolute atomic E-state index is 11.3. The SMILES string of the molecule is Cc1ccc(Br)c(Nc2ccc(C)cc2C(=O)O)c1. The summed E-state index contributed by atoms with van der Waals surface area (Å²) >= 11 is 3.45. The number of anilines is 2. The molecule has 19 heavy (non-hydrogen) atoms. The lowest BCUT2D eigenvalue weighted by Gasteiger charge is -2.12. The van der Waals surface area contributed by atoms with Gasteiger partial charge in [-0.05, 0) is 59.6 Å². The Balaban J connectivity index is 2.43. The van der Waals surface area contributed by atoms with Crippen molar-refractivity contribution in [3.8, 4) is 0 Å². The van der Waals surface area contributed by atoms with Gasteiger partial charge in [0, 0.05) is 4.47 Å². The zero-order valence-corrected chi connectivity index (χ0v) is 12.3. The molecule has 0 aliphatic heterocycles. The van der Waals surface area contributed by atoms with E-state index < -0.39 is 5.97 Å². The molecule has 0 atom stereocenters. The van der Waals surface area contributed by atoms with Crippen LogP contribution in [0.4, 0.5) is 11.4 Å². The molecule has 0 unspecified atom stereocenters. The Morgan fingerprint density at radius 2 is 1.68 bits per heavy atom. The van der Waals surface area contributed by atoms with Crippen LogP contribution in [0.1, 0.15) is 21.5 Å². The maximum atomic E-state index is 11.3. The summed E-state index contributed by atoms with van der Waals surface area (Å²) in [7, 11) is 0. The molecule has 2 aromatic rings. The molecule has 0 heterocycles. The number of aromatic carboxylic acids is 1. The van der Waals surface area contributed by atoms with Crippen molar-refractivity contribution in [2.75, 3.05) is 5.32 Å². The van der Waals surface area contributed by atoms with Crippen LogP contribution in [-0.2, 0) is 0 Å². The second kappa shape index (κ2) is 5.45. The fourth-order valence-electron chi connectivity index (χ4n) is 1.82. The highest BCUT2D eigenvalue weighted by atomic mass is 79.9. The van der Waals surface area contributed by atoms with Gasteiger partial charge in [-0.15, -0.1) is 0 Å². The summed E-state index contributed by atoms with van der Waals surface area (Å²) in [5.41, 5.74) is 3.74. The van der Waals surface area contributed by atoms with Crippen LogP contribution in [0.25, 0.3) is 0 Å². The minimum atomic E-state index is -0.935. The molecular formula is C15H14BrNO2. The van der Waals surface area contributed by atoms with E-state index in [1.807, 2.05) is 38.1 Å². The molecule has 0 radical (unpaired) electrons. The van der Waals surface area contributed by atoms with Crippen LogP contribution in [0.3, 0.4) is 0 Å². The van der Waals surface area contributed by atoms with Crippen LogP contribution in [0, 0.1) is 13.8 Å². The Morgan fingerprint density at radius 3 is 2.37 bits per heavy atom. The quantitative estimate of drug-likeness (QED) is 0.875. The van der Waals surface area contributed by atoms with Gasteiger partial charge >= 0.3 is 5.97 Å².